The van der Waals surface area contributed by atoms with Crippen molar-refractivity contribution in [3.8, 4) is 0 Å². The van der Waals surface area contributed by atoms with E-state index in [0.29, 0.717) is 10.8 Å². The van der Waals surface area contributed by atoms with Crippen molar-refractivity contribution in [2.45, 2.75) is 13.8 Å². The van der Waals surface area contributed by atoms with Gasteiger partial charge in [0.15, 0.2) is 10.8 Å². The van der Waals surface area contributed by atoms with E-state index in [0.717, 1.165) is 22.4 Å². The smallest absolute Gasteiger partial charge is 0.199 e. The summed E-state index contributed by atoms with van der Waals surface area (Å²) in [6.45, 7) is 3.92. The van der Waals surface area contributed by atoms with Gasteiger partial charge in [0.1, 0.15) is 5.82 Å². The van der Waals surface area contributed by atoms with Crippen molar-refractivity contribution in [2.24, 2.45) is 0 Å². The van der Waals surface area contributed by atoms with E-state index in [-0.39, 0.29) is 0 Å². The van der Waals surface area contributed by atoms with E-state index < -0.39 is 0 Å². The molecule has 0 saturated heterocycles. The Morgan fingerprint density at radius 3 is 2.81 bits per heavy atom. The van der Waals surface area contributed by atoms with Crippen molar-refractivity contribution in [3.05, 3.63) is 34.7 Å². The summed E-state index contributed by atoms with van der Waals surface area (Å²) in [5, 5.41) is 8.41. The van der Waals surface area contributed by atoms with Crippen LogP contribution >= 0.6 is 11.6 Å². The second-order valence-corrected chi connectivity index (χ2v) is 4.16. The van der Waals surface area contributed by atoms with Crippen LogP contribution in [0, 0.1) is 13.8 Å². The zero-order valence-electron chi connectivity index (χ0n) is 8.90. The third-order valence-electron chi connectivity index (χ3n) is 2.60. The molecule has 1 aromatic carbocycles. The summed E-state index contributed by atoms with van der Waals surface area (Å²) in [5.41, 5.74) is 3.60. The van der Waals surface area contributed by atoms with Crippen molar-refractivity contribution < 1.29 is 0 Å². The summed E-state index contributed by atoms with van der Waals surface area (Å²) in [6, 6.07) is 6.05. The molecule has 0 N–H and O–H groups in total. The first-order valence-electron chi connectivity index (χ1n) is 4.94. The van der Waals surface area contributed by atoms with Gasteiger partial charge >= 0.3 is 0 Å². The number of aromatic nitrogens is 4. The Kier molecular flexibility index (Phi) is 1.88. The fourth-order valence-electron chi connectivity index (χ4n) is 1.85. The maximum atomic E-state index is 6.07. The van der Waals surface area contributed by atoms with Gasteiger partial charge in [-0.15, -0.1) is 10.2 Å². The quantitative estimate of drug-likeness (QED) is 0.598. The number of nitrogens with zero attached hydrogens (tertiary/aromatic N) is 4. The van der Waals surface area contributed by atoms with Gasteiger partial charge in [-0.05, 0) is 31.5 Å². The number of hydrogen-bond donors (Lipinski definition) is 0. The molecule has 0 spiro atoms. The molecule has 0 radical (unpaired) electrons. The summed E-state index contributed by atoms with van der Waals surface area (Å²) < 4.78 is 1.92. The maximum absolute atomic E-state index is 6.07. The van der Waals surface area contributed by atoms with Crippen LogP contribution in [0.4, 0.5) is 0 Å². The number of halogens is 1. The normalized spacial score (nSPS) is 11.4. The Morgan fingerprint density at radius 2 is 2.00 bits per heavy atom. The molecule has 0 saturated carbocycles. The highest BCUT2D eigenvalue weighted by atomic mass is 35.5. The van der Waals surface area contributed by atoms with Gasteiger partial charge in [-0.1, -0.05) is 17.7 Å². The van der Waals surface area contributed by atoms with Crippen LogP contribution in [0.15, 0.2) is 18.2 Å². The summed E-state index contributed by atoms with van der Waals surface area (Å²) in [4.78, 5) is 4.32. The summed E-state index contributed by atoms with van der Waals surface area (Å²) in [6.07, 6.45) is 0. The Balaban J connectivity index is 2.62. The molecule has 0 aliphatic carbocycles. The summed E-state index contributed by atoms with van der Waals surface area (Å²) in [5.74, 6) is 0.813. The molecule has 0 aliphatic rings. The molecular weight excluding hydrogens is 224 g/mol. The van der Waals surface area contributed by atoms with Crippen LogP contribution in [0.5, 0.6) is 0 Å². The second-order valence-electron chi connectivity index (χ2n) is 3.80. The van der Waals surface area contributed by atoms with Gasteiger partial charge in [0, 0.05) is 0 Å². The maximum Gasteiger partial charge on any atom is 0.199 e. The lowest BCUT2D eigenvalue weighted by Gasteiger charge is -2.04. The predicted molar refractivity (Wildman–Crippen MR) is 62.8 cm³/mol. The minimum Gasteiger partial charge on any atom is -0.275 e. The molecule has 16 heavy (non-hydrogen) atoms. The molecule has 0 unspecified atom stereocenters. The molecule has 2 aromatic heterocycles. The Morgan fingerprint density at radius 1 is 1.19 bits per heavy atom. The lowest BCUT2D eigenvalue weighted by atomic mass is 10.2. The van der Waals surface area contributed by atoms with Crippen LogP contribution in [0.2, 0.25) is 5.15 Å². The van der Waals surface area contributed by atoms with Crippen LogP contribution in [0.25, 0.3) is 16.7 Å². The van der Waals surface area contributed by atoms with Crippen molar-refractivity contribution in [2.75, 3.05) is 0 Å². The van der Waals surface area contributed by atoms with E-state index in [1.165, 1.54) is 0 Å². The summed E-state index contributed by atoms with van der Waals surface area (Å²) in [7, 11) is 0. The van der Waals surface area contributed by atoms with Crippen LogP contribution in [0.3, 0.4) is 0 Å². The Bertz CT molecular complexity index is 702. The minimum atomic E-state index is 0.388. The molecule has 2 heterocycles. The number of benzene rings is 1. The molecule has 80 valence electrons. The lowest BCUT2D eigenvalue weighted by molar-refractivity contribution is 1.02. The zero-order valence-corrected chi connectivity index (χ0v) is 9.65. The van der Waals surface area contributed by atoms with Gasteiger partial charge in [-0.2, -0.15) is 0 Å². The first kappa shape index (κ1) is 9.54. The number of aryl methyl sites for hydroxylation is 2. The van der Waals surface area contributed by atoms with E-state index in [9.17, 15) is 0 Å². The second kappa shape index (κ2) is 3.15. The average Bonchev–Trinajstić information content (AvgIpc) is 2.61. The Hall–Kier alpha value is -1.68. The fraction of sp³-hybridized carbons (Fsp3) is 0.182. The summed E-state index contributed by atoms with van der Waals surface area (Å²) >= 11 is 6.07. The standard InChI is InChI=1S/C11H9ClN4/c1-6-3-4-9-8(5-6)13-10(12)11-15-14-7(2)16(9)11/h3-5H,1-2H3. The number of hydrogen-bond acceptors (Lipinski definition) is 3. The molecule has 0 bridgehead atoms. The highest BCUT2D eigenvalue weighted by molar-refractivity contribution is 6.32. The van der Waals surface area contributed by atoms with Crippen LogP contribution in [0.1, 0.15) is 11.4 Å². The molecule has 4 nitrogen and oxygen atoms in total. The first-order valence-corrected chi connectivity index (χ1v) is 5.32. The van der Waals surface area contributed by atoms with Crippen molar-refractivity contribution in [3.63, 3.8) is 0 Å². The van der Waals surface area contributed by atoms with E-state index in [1.54, 1.807) is 0 Å². The van der Waals surface area contributed by atoms with Gasteiger partial charge in [0.2, 0.25) is 0 Å². The van der Waals surface area contributed by atoms with Crippen molar-refractivity contribution >= 4 is 28.3 Å². The van der Waals surface area contributed by atoms with E-state index in [4.69, 9.17) is 11.6 Å². The van der Waals surface area contributed by atoms with Gasteiger partial charge < -0.3 is 0 Å². The van der Waals surface area contributed by atoms with Gasteiger partial charge in [-0.3, -0.25) is 4.40 Å². The fourth-order valence-corrected chi connectivity index (χ4v) is 2.07. The van der Waals surface area contributed by atoms with Crippen LogP contribution < -0.4 is 0 Å². The van der Waals surface area contributed by atoms with Gasteiger partial charge in [-0.25, -0.2) is 4.98 Å². The number of rotatable bonds is 0. The molecule has 5 heteroatoms. The highest BCUT2D eigenvalue weighted by Gasteiger charge is 2.10. The molecule has 3 rings (SSSR count). The van der Waals surface area contributed by atoms with E-state index >= 15 is 0 Å². The third kappa shape index (κ3) is 1.20. The molecule has 0 amide bonds. The average molecular weight is 233 g/mol. The molecule has 3 aromatic rings. The van der Waals surface area contributed by atoms with E-state index in [1.807, 2.05) is 36.4 Å². The van der Waals surface area contributed by atoms with Crippen LogP contribution in [-0.2, 0) is 0 Å². The zero-order chi connectivity index (χ0) is 11.3. The largest absolute Gasteiger partial charge is 0.275 e. The Labute approximate surface area is 96.9 Å². The third-order valence-corrected chi connectivity index (χ3v) is 2.85. The highest BCUT2D eigenvalue weighted by Crippen LogP contribution is 2.21. The van der Waals surface area contributed by atoms with Gasteiger partial charge in [0.05, 0.1) is 11.0 Å². The monoisotopic (exact) mass is 232 g/mol. The van der Waals surface area contributed by atoms with Crippen molar-refractivity contribution in [1.82, 2.24) is 19.6 Å². The van der Waals surface area contributed by atoms with Crippen LogP contribution in [-0.4, -0.2) is 19.6 Å². The topological polar surface area (TPSA) is 43.1 Å². The molecule has 0 fully saturated rings. The van der Waals surface area contributed by atoms with Crippen molar-refractivity contribution in [1.29, 1.82) is 0 Å². The minimum absolute atomic E-state index is 0.388. The lowest BCUT2D eigenvalue weighted by Crippen LogP contribution is -1.95. The predicted octanol–water partition coefficient (Wildman–Crippen LogP) is 2.55. The number of fused-ring (bicyclic) bond motifs is 3. The first-order chi connectivity index (χ1) is 7.66. The SMILES string of the molecule is Cc1ccc2c(c1)nc(Cl)c1nnc(C)n12. The van der Waals surface area contributed by atoms with Gasteiger partial charge in [0.25, 0.3) is 0 Å². The molecule has 0 aliphatic heterocycles. The molecular formula is C11H9ClN4. The molecule has 0 atom stereocenters. The van der Waals surface area contributed by atoms with E-state index in [2.05, 4.69) is 15.2 Å².